The van der Waals surface area contributed by atoms with Gasteiger partial charge >= 0.3 is 12.1 Å². The first-order valence-corrected chi connectivity index (χ1v) is 8.50. The lowest BCUT2D eigenvalue weighted by Crippen LogP contribution is -2.56. The van der Waals surface area contributed by atoms with E-state index in [1.165, 1.54) is 0 Å². The summed E-state index contributed by atoms with van der Waals surface area (Å²) < 4.78 is 10.5. The summed E-state index contributed by atoms with van der Waals surface area (Å²) in [5.74, 6) is -0.399. The standard InChI is InChI=1S/C18H33NO4/c1-7-10-12-14-18(13-11-8-2,15(20)22-9-3)19-16(21)23-17(4,5)6/h8H,2,7,9-14H2,1,3-6H3,(H,19,21)/t18-/m0/s1. The van der Waals surface area contributed by atoms with Crippen LogP contribution in [0.3, 0.4) is 0 Å². The molecule has 0 aliphatic carbocycles. The molecule has 5 nitrogen and oxygen atoms in total. The lowest BCUT2D eigenvalue weighted by molar-refractivity contribution is -0.152. The first kappa shape index (κ1) is 21.5. The number of rotatable bonds is 10. The number of carbonyl (C=O) groups is 2. The van der Waals surface area contributed by atoms with Gasteiger partial charge in [0.05, 0.1) is 6.61 Å². The molecule has 1 N–H and O–H groups in total. The molecule has 1 atom stereocenters. The quantitative estimate of drug-likeness (QED) is 0.368. The number of esters is 1. The van der Waals surface area contributed by atoms with Gasteiger partial charge in [-0.25, -0.2) is 9.59 Å². The van der Waals surface area contributed by atoms with E-state index in [9.17, 15) is 9.59 Å². The van der Waals surface area contributed by atoms with Gasteiger partial charge in [0.25, 0.3) is 0 Å². The van der Waals surface area contributed by atoms with E-state index >= 15 is 0 Å². The monoisotopic (exact) mass is 327 g/mol. The smallest absolute Gasteiger partial charge is 0.408 e. The van der Waals surface area contributed by atoms with Gasteiger partial charge in [-0.1, -0.05) is 32.3 Å². The Morgan fingerprint density at radius 3 is 2.26 bits per heavy atom. The highest BCUT2D eigenvalue weighted by atomic mass is 16.6. The second-order valence-electron chi connectivity index (χ2n) is 6.71. The van der Waals surface area contributed by atoms with Crippen LogP contribution in [0.2, 0.25) is 0 Å². The minimum Gasteiger partial charge on any atom is -0.464 e. The summed E-state index contributed by atoms with van der Waals surface area (Å²) in [5, 5.41) is 2.78. The molecule has 0 fully saturated rings. The molecule has 23 heavy (non-hydrogen) atoms. The molecule has 0 aromatic carbocycles. The van der Waals surface area contributed by atoms with Gasteiger partial charge in [0.1, 0.15) is 11.1 Å². The van der Waals surface area contributed by atoms with Crippen LogP contribution in [0, 0.1) is 0 Å². The van der Waals surface area contributed by atoms with E-state index in [2.05, 4.69) is 18.8 Å². The summed E-state index contributed by atoms with van der Waals surface area (Å²) in [6.45, 7) is 13.2. The van der Waals surface area contributed by atoms with Gasteiger partial charge in [0.2, 0.25) is 0 Å². The molecule has 0 aliphatic heterocycles. The number of unbranched alkanes of at least 4 members (excludes halogenated alkanes) is 2. The molecule has 0 bridgehead atoms. The molecule has 0 aliphatic rings. The van der Waals surface area contributed by atoms with E-state index in [1.807, 2.05) is 0 Å². The van der Waals surface area contributed by atoms with Crippen LogP contribution in [-0.2, 0) is 14.3 Å². The van der Waals surface area contributed by atoms with Crippen molar-refractivity contribution in [1.82, 2.24) is 5.32 Å². The Balaban J connectivity index is 5.27. The molecule has 0 saturated heterocycles. The molecular weight excluding hydrogens is 294 g/mol. The van der Waals surface area contributed by atoms with E-state index in [4.69, 9.17) is 9.47 Å². The normalized spacial score (nSPS) is 13.8. The van der Waals surface area contributed by atoms with Crippen molar-refractivity contribution in [1.29, 1.82) is 0 Å². The van der Waals surface area contributed by atoms with Crippen LogP contribution in [0.5, 0.6) is 0 Å². The van der Waals surface area contributed by atoms with Gasteiger partial charge in [-0.15, -0.1) is 6.58 Å². The van der Waals surface area contributed by atoms with Crippen LogP contribution in [-0.4, -0.2) is 29.8 Å². The van der Waals surface area contributed by atoms with Gasteiger partial charge in [0.15, 0.2) is 0 Å². The van der Waals surface area contributed by atoms with Crippen LogP contribution in [0.1, 0.15) is 73.1 Å². The molecule has 0 heterocycles. The average Bonchev–Trinajstić information content (AvgIpc) is 2.43. The molecule has 0 aromatic heterocycles. The highest BCUT2D eigenvalue weighted by Gasteiger charge is 2.41. The number of alkyl carbamates (subject to hydrolysis) is 1. The fourth-order valence-corrected chi connectivity index (χ4v) is 2.30. The van der Waals surface area contributed by atoms with E-state index < -0.39 is 23.2 Å². The molecule has 0 spiro atoms. The van der Waals surface area contributed by atoms with Crippen molar-refractivity contribution < 1.29 is 19.1 Å². The highest BCUT2D eigenvalue weighted by Crippen LogP contribution is 2.24. The van der Waals surface area contributed by atoms with E-state index in [1.54, 1.807) is 33.8 Å². The Bertz CT molecular complexity index is 387. The first-order valence-electron chi connectivity index (χ1n) is 8.50. The second kappa shape index (κ2) is 10.3. The Morgan fingerprint density at radius 1 is 1.13 bits per heavy atom. The Labute approximate surface area is 140 Å². The molecule has 0 rings (SSSR count). The summed E-state index contributed by atoms with van der Waals surface area (Å²) in [7, 11) is 0. The topological polar surface area (TPSA) is 64.6 Å². The lowest BCUT2D eigenvalue weighted by Gasteiger charge is -2.33. The summed E-state index contributed by atoms with van der Waals surface area (Å²) in [5.41, 5.74) is -1.67. The predicted molar refractivity (Wildman–Crippen MR) is 92.3 cm³/mol. The molecule has 0 saturated carbocycles. The third kappa shape index (κ3) is 8.62. The Kier molecular flexibility index (Phi) is 9.61. The van der Waals surface area contributed by atoms with Crippen LogP contribution >= 0.6 is 0 Å². The zero-order valence-electron chi connectivity index (χ0n) is 15.4. The third-order valence-electron chi connectivity index (χ3n) is 3.39. The molecule has 1 amide bonds. The molecule has 5 heteroatoms. The number of hydrogen-bond donors (Lipinski definition) is 1. The van der Waals surface area contributed by atoms with Gasteiger partial charge < -0.3 is 14.8 Å². The zero-order chi connectivity index (χ0) is 17.9. The molecular formula is C18H33NO4. The maximum absolute atomic E-state index is 12.5. The Hall–Kier alpha value is -1.52. The molecule has 0 radical (unpaired) electrons. The number of amides is 1. The third-order valence-corrected chi connectivity index (χ3v) is 3.39. The summed E-state index contributed by atoms with van der Waals surface area (Å²) >= 11 is 0. The van der Waals surface area contributed by atoms with Crippen molar-refractivity contribution in [3.8, 4) is 0 Å². The fraction of sp³-hybridized carbons (Fsp3) is 0.778. The van der Waals surface area contributed by atoms with Crippen molar-refractivity contribution in [3.05, 3.63) is 12.7 Å². The van der Waals surface area contributed by atoms with Gasteiger partial charge in [-0.2, -0.15) is 0 Å². The lowest BCUT2D eigenvalue weighted by atomic mass is 9.87. The summed E-state index contributed by atoms with van der Waals surface area (Å²) in [6, 6.07) is 0. The maximum atomic E-state index is 12.5. The minimum absolute atomic E-state index is 0.276. The maximum Gasteiger partial charge on any atom is 0.408 e. The second-order valence-corrected chi connectivity index (χ2v) is 6.71. The van der Waals surface area contributed by atoms with Gasteiger partial charge in [0, 0.05) is 0 Å². The molecule has 134 valence electrons. The average molecular weight is 327 g/mol. The fourth-order valence-electron chi connectivity index (χ4n) is 2.30. The van der Waals surface area contributed by atoms with Gasteiger partial charge in [-0.3, -0.25) is 0 Å². The summed E-state index contributed by atoms with van der Waals surface area (Å²) in [4.78, 5) is 24.8. The number of ether oxygens (including phenoxy) is 2. The van der Waals surface area contributed by atoms with E-state index in [0.717, 1.165) is 19.3 Å². The van der Waals surface area contributed by atoms with Crippen molar-refractivity contribution in [2.75, 3.05) is 6.61 Å². The molecule has 0 aromatic rings. The van der Waals surface area contributed by atoms with Crippen LogP contribution in [0.25, 0.3) is 0 Å². The molecule has 0 unspecified atom stereocenters. The highest BCUT2D eigenvalue weighted by molar-refractivity contribution is 5.85. The predicted octanol–water partition coefficient (Wildman–Crippen LogP) is 4.36. The van der Waals surface area contributed by atoms with Crippen molar-refractivity contribution in [2.45, 2.75) is 84.3 Å². The van der Waals surface area contributed by atoms with Gasteiger partial charge in [-0.05, 0) is 47.0 Å². The van der Waals surface area contributed by atoms with E-state index in [0.29, 0.717) is 19.3 Å². The Morgan fingerprint density at radius 2 is 1.78 bits per heavy atom. The first-order chi connectivity index (χ1) is 10.7. The number of nitrogens with one attached hydrogen (secondary N) is 1. The van der Waals surface area contributed by atoms with Crippen LogP contribution < -0.4 is 5.32 Å². The SMILES string of the molecule is C=CCC[C@@](CCCCC)(NC(=O)OC(C)(C)C)C(=O)OCC. The van der Waals surface area contributed by atoms with Crippen molar-refractivity contribution in [3.63, 3.8) is 0 Å². The van der Waals surface area contributed by atoms with Crippen molar-refractivity contribution in [2.24, 2.45) is 0 Å². The minimum atomic E-state index is -1.05. The summed E-state index contributed by atoms with van der Waals surface area (Å²) in [6.07, 6.45) is 5.61. The number of hydrogen-bond acceptors (Lipinski definition) is 4. The largest absolute Gasteiger partial charge is 0.464 e. The van der Waals surface area contributed by atoms with Crippen LogP contribution in [0.15, 0.2) is 12.7 Å². The number of allylic oxidation sites excluding steroid dienone is 1. The van der Waals surface area contributed by atoms with Crippen LogP contribution in [0.4, 0.5) is 4.79 Å². The number of carbonyl (C=O) groups excluding carboxylic acids is 2. The van der Waals surface area contributed by atoms with E-state index in [-0.39, 0.29) is 6.61 Å². The van der Waals surface area contributed by atoms with Crippen molar-refractivity contribution >= 4 is 12.1 Å². The zero-order valence-corrected chi connectivity index (χ0v) is 15.4.